The Hall–Kier alpha value is -1.95. The lowest BCUT2D eigenvalue weighted by Gasteiger charge is -2.15. The lowest BCUT2D eigenvalue weighted by Crippen LogP contribution is -2.45. The van der Waals surface area contributed by atoms with Crippen LogP contribution in [0.5, 0.6) is 11.5 Å². The van der Waals surface area contributed by atoms with Crippen molar-refractivity contribution in [3.63, 3.8) is 0 Å². The summed E-state index contributed by atoms with van der Waals surface area (Å²) in [6.07, 6.45) is 0.831. The third kappa shape index (κ3) is 4.53. The summed E-state index contributed by atoms with van der Waals surface area (Å²) in [5, 5.41) is 5.59. The molecule has 22 heavy (non-hydrogen) atoms. The first-order valence-electron chi connectivity index (χ1n) is 6.94. The maximum absolute atomic E-state index is 12.2. The van der Waals surface area contributed by atoms with Crippen molar-refractivity contribution in [2.75, 3.05) is 20.8 Å². The summed E-state index contributed by atoms with van der Waals surface area (Å²) in [4.78, 5) is 24.0. The Labute approximate surface area is 135 Å². The first-order chi connectivity index (χ1) is 10.4. The Bertz CT molecular complexity index is 549. The number of methoxy groups -OCH3 is 2. The molecule has 122 valence electrons. The van der Waals surface area contributed by atoms with Gasteiger partial charge in [0.05, 0.1) is 19.2 Å². The van der Waals surface area contributed by atoms with Gasteiger partial charge < -0.3 is 20.1 Å². The van der Waals surface area contributed by atoms with Gasteiger partial charge >= 0.3 is 0 Å². The molecule has 0 bridgehead atoms. The summed E-state index contributed by atoms with van der Waals surface area (Å²) in [7, 11) is 2.92. The first kappa shape index (κ1) is 18.1. The van der Waals surface area contributed by atoms with Crippen molar-refractivity contribution in [2.45, 2.75) is 26.3 Å². The van der Waals surface area contributed by atoms with Crippen LogP contribution in [0, 0.1) is 0 Å². The quantitative estimate of drug-likeness (QED) is 0.802. The average molecular weight is 329 g/mol. The van der Waals surface area contributed by atoms with Crippen LogP contribution in [0.1, 0.15) is 30.6 Å². The van der Waals surface area contributed by atoms with Gasteiger partial charge in [0.25, 0.3) is 5.91 Å². The molecule has 0 aliphatic heterocycles. The summed E-state index contributed by atoms with van der Waals surface area (Å²) < 4.78 is 10.3. The van der Waals surface area contributed by atoms with Crippen LogP contribution < -0.4 is 20.1 Å². The van der Waals surface area contributed by atoms with Crippen LogP contribution in [0.15, 0.2) is 12.1 Å². The zero-order chi connectivity index (χ0) is 16.7. The van der Waals surface area contributed by atoms with Crippen LogP contribution >= 0.6 is 11.6 Å². The van der Waals surface area contributed by atoms with Crippen molar-refractivity contribution in [3.8, 4) is 11.5 Å². The van der Waals surface area contributed by atoms with E-state index in [-0.39, 0.29) is 16.5 Å². The minimum Gasteiger partial charge on any atom is -0.493 e. The van der Waals surface area contributed by atoms with Crippen LogP contribution in [0.25, 0.3) is 0 Å². The van der Waals surface area contributed by atoms with E-state index in [1.54, 1.807) is 6.92 Å². The van der Waals surface area contributed by atoms with Gasteiger partial charge in [0.2, 0.25) is 5.91 Å². The van der Waals surface area contributed by atoms with E-state index >= 15 is 0 Å². The third-order valence-corrected chi connectivity index (χ3v) is 3.27. The fraction of sp³-hybridized carbons (Fsp3) is 0.467. The van der Waals surface area contributed by atoms with Gasteiger partial charge in [-0.1, -0.05) is 18.5 Å². The summed E-state index contributed by atoms with van der Waals surface area (Å²) >= 11 is 6.06. The molecule has 1 atom stereocenters. The number of hydrogen-bond donors (Lipinski definition) is 2. The first-order valence-corrected chi connectivity index (χ1v) is 7.32. The molecule has 0 aliphatic carbocycles. The molecule has 0 aromatic heterocycles. The standard InChI is InChI=1S/C15H21ClN2O4/c1-5-6-17-14(19)9(2)18-15(20)10-7-11(16)13(22-4)12(8-10)21-3/h7-9H,5-6H2,1-4H3,(H,17,19)(H,18,20)/t9-/m1/s1. The topological polar surface area (TPSA) is 76.7 Å². The SMILES string of the molecule is CCCNC(=O)[C@@H](C)NC(=O)c1cc(Cl)c(OC)c(OC)c1. The van der Waals surface area contributed by atoms with E-state index in [2.05, 4.69) is 10.6 Å². The van der Waals surface area contributed by atoms with E-state index in [1.807, 2.05) is 6.92 Å². The van der Waals surface area contributed by atoms with Crippen molar-refractivity contribution in [1.82, 2.24) is 10.6 Å². The molecule has 0 radical (unpaired) electrons. The maximum Gasteiger partial charge on any atom is 0.252 e. The molecule has 1 rings (SSSR count). The smallest absolute Gasteiger partial charge is 0.252 e. The van der Waals surface area contributed by atoms with E-state index in [0.717, 1.165) is 6.42 Å². The summed E-state index contributed by atoms with van der Waals surface area (Å²) in [6.45, 7) is 4.14. The highest BCUT2D eigenvalue weighted by Gasteiger charge is 2.19. The Kier molecular flexibility index (Phi) is 6.98. The number of hydrogen-bond acceptors (Lipinski definition) is 4. The molecule has 1 aromatic rings. The van der Waals surface area contributed by atoms with Crippen LogP contribution in [0.3, 0.4) is 0 Å². The normalized spacial score (nSPS) is 11.5. The predicted octanol–water partition coefficient (Wildman–Crippen LogP) is 2.00. The zero-order valence-corrected chi connectivity index (χ0v) is 13.9. The number of rotatable bonds is 7. The average Bonchev–Trinajstić information content (AvgIpc) is 2.51. The molecular formula is C15H21ClN2O4. The van der Waals surface area contributed by atoms with Gasteiger partial charge in [0.15, 0.2) is 11.5 Å². The Balaban J connectivity index is 2.85. The van der Waals surface area contributed by atoms with Crippen LogP contribution in [0.2, 0.25) is 5.02 Å². The van der Waals surface area contributed by atoms with Crippen LogP contribution in [0.4, 0.5) is 0 Å². The lowest BCUT2D eigenvalue weighted by molar-refractivity contribution is -0.122. The van der Waals surface area contributed by atoms with Crippen molar-refractivity contribution in [2.24, 2.45) is 0 Å². The van der Waals surface area contributed by atoms with Gasteiger partial charge in [-0.3, -0.25) is 9.59 Å². The molecule has 0 saturated carbocycles. The van der Waals surface area contributed by atoms with Crippen LogP contribution in [-0.2, 0) is 4.79 Å². The second-order valence-electron chi connectivity index (χ2n) is 4.68. The van der Waals surface area contributed by atoms with Crippen molar-refractivity contribution in [3.05, 3.63) is 22.7 Å². The highest BCUT2D eigenvalue weighted by Crippen LogP contribution is 2.35. The van der Waals surface area contributed by atoms with E-state index in [1.165, 1.54) is 26.4 Å². The molecule has 7 heteroatoms. The molecule has 6 nitrogen and oxygen atoms in total. The fourth-order valence-electron chi connectivity index (χ4n) is 1.80. The number of nitrogens with one attached hydrogen (secondary N) is 2. The molecule has 1 aromatic carbocycles. The Morgan fingerprint density at radius 1 is 1.27 bits per heavy atom. The Morgan fingerprint density at radius 2 is 1.95 bits per heavy atom. The van der Waals surface area contributed by atoms with Crippen LogP contribution in [-0.4, -0.2) is 38.6 Å². The van der Waals surface area contributed by atoms with Gasteiger partial charge in [0, 0.05) is 12.1 Å². The second kappa shape index (κ2) is 8.48. The second-order valence-corrected chi connectivity index (χ2v) is 5.09. The molecule has 0 fully saturated rings. The van der Waals surface area contributed by atoms with Gasteiger partial charge in [-0.2, -0.15) is 0 Å². The van der Waals surface area contributed by atoms with Crippen molar-refractivity contribution in [1.29, 1.82) is 0 Å². The highest BCUT2D eigenvalue weighted by molar-refractivity contribution is 6.32. The third-order valence-electron chi connectivity index (χ3n) is 2.99. The Morgan fingerprint density at radius 3 is 2.50 bits per heavy atom. The van der Waals surface area contributed by atoms with E-state index in [4.69, 9.17) is 21.1 Å². The molecule has 0 saturated heterocycles. The molecule has 2 amide bonds. The summed E-state index contributed by atoms with van der Waals surface area (Å²) in [6, 6.07) is 2.33. The lowest BCUT2D eigenvalue weighted by atomic mass is 10.1. The number of carbonyl (C=O) groups excluding carboxylic acids is 2. The van der Waals surface area contributed by atoms with Crippen molar-refractivity contribution >= 4 is 23.4 Å². The van der Waals surface area contributed by atoms with E-state index in [0.29, 0.717) is 18.0 Å². The summed E-state index contributed by atoms with van der Waals surface area (Å²) in [5.74, 6) is 0.0569. The summed E-state index contributed by atoms with van der Waals surface area (Å²) in [5.41, 5.74) is 0.290. The monoisotopic (exact) mass is 328 g/mol. The predicted molar refractivity (Wildman–Crippen MR) is 84.8 cm³/mol. The highest BCUT2D eigenvalue weighted by atomic mass is 35.5. The number of ether oxygens (including phenoxy) is 2. The molecule has 2 N–H and O–H groups in total. The molecular weight excluding hydrogens is 308 g/mol. The number of carbonyl (C=O) groups is 2. The molecule has 0 heterocycles. The van der Waals surface area contributed by atoms with Gasteiger partial charge in [-0.25, -0.2) is 0 Å². The largest absolute Gasteiger partial charge is 0.493 e. The molecule has 0 spiro atoms. The van der Waals surface area contributed by atoms with Gasteiger partial charge in [-0.05, 0) is 25.5 Å². The zero-order valence-electron chi connectivity index (χ0n) is 13.2. The fourth-order valence-corrected chi connectivity index (χ4v) is 2.08. The minimum atomic E-state index is -0.647. The van der Waals surface area contributed by atoms with Crippen molar-refractivity contribution < 1.29 is 19.1 Å². The maximum atomic E-state index is 12.2. The van der Waals surface area contributed by atoms with E-state index < -0.39 is 11.9 Å². The number of halogens is 1. The van der Waals surface area contributed by atoms with E-state index in [9.17, 15) is 9.59 Å². The van der Waals surface area contributed by atoms with Gasteiger partial charge in [0.1, 0.15) is 6.04 Å². The van der Waals surface area contributed by atoms with Gasteiger partial charge in [-0.15, -0.1) is 0 Å². The number of benzene rings is 1. The molecule has 0 unspecified atom stereocenters. The number of amides is 2. The minimum absolute atomic E-state index is 0.234. The molecule has 0 aliphatic rings.